The van der Waals surface area contributed by atoms with Gasteiger partial charge < -0.3 is 10.6 Å². The molecule has 0 saturated heterocycles. The van der Waals surface area contributed by atoms with Crippen LogP contribution < -0.4 is 10.6 Å². The lowest BCUT2D eigenvalue weighted by atomic mass is 10.0. The van der Waals surface area contributed by atoms with Crippen LogP contribution in [0, 0.1) is 5.82 Å². The maximum absolute atomic E-state index is 13.6. The molecule has 0 heterocycles. The van der Waals surface area contributed by atoms with Crippen LogP contribution in [0.2, 0.25) is 0 Å². The van der Waals surface area contributed by atoms with Gasteiger partial charge in [0.2, 0.25) is 0 Å². The van der Waals surface area contributed by atoms with Crippen LogP contribution in [0.15, 0.2) is 48.5 Å². The Balaban J connectivity index is 1.86. The van der Waals surface area contributed by atoms with Crippen molar-refractivity contribution in [1.82, 2.24) is 10.6 Å². The van der Waals surface area contributed by atoms with Crippen LogP contribution in [0.25, 0.3) is 0 Å². The first-order valence-corrected chi connectivity index (χ1v) is 8.32. The molecule has 0 aliphatic carbocycles. The lowest BCUT2D eigenvalue weighted by Gasteiger charge is -2.15. The molecule has 2 aromatic carbocycles. The van der Waals surface area contributed by atoms with Crippen LogP contribution in [0.4, 0.5) is 4.39 Å². The average Bonchev–Trinajstić information content (AvgIpc) is 2.52. The summed E-state index contributed by atoms with van der Waals surface area (Å²) in [5.74, 6) is -0.144. The van der Waals surface area contributed by atoms with E-state index in [0.29, 0.717) is 24.2 Å². The Morgan fingerprint density at radius 1 is 0.870 bits per heavy atom. The van der Waals surface area contributed by atoms with Gasteiger partial charge in [-0.3, -0.25) is 0 Å². The summed E-state index contributed by atoms with van der Waals surface area (Å²) in [6, 6.07) is 16.4. The Morgan fingerprint density at radius 3 is 2.35 bits per heavy atom. The molecule has 2 rings (SSSR count). The largest absolute Gasteiger partial charge is 0.310 e. The molecular weight excluding hydrogens is 287 g/mol. The number of benzene rings is 2. The maximum atomic E-state index is 13.6. The SMILES string of the molecule is CC(C)NCc1cccc(CC(C)NCc2ccccc2F)c1. The summed E-state index contributed by atoms with van der Waals surface area (Å²) in [7, 11) is 0. The van der Waals surface area contributed by atoms with Gasteiger partial charge >= 0.3 is 0 Å². The summed E-state index contributed by atoms with van der Waals surface area (Å²) >= 11 is 0. The standard InChI is InChI=1S/C20H27FN2/c1-15(2)22-13-18-8-6-7-17(12-18)11-16(3)23-14-19-9-4-5-10-20(19)21/h4-10,12,15-16,22-23H,11,13-14H2,1-3H3. The van der Waals surface area contributed by atoms with Gasteiger partial charge in [-0.2, -0.15) is 0 Å². The summed E-state index contributed by atoms with van der Waals surface area (Å²) in [6.45, 7) is 7.89. The molecule has 124 valence electrons. The van der Waals surface area contributed by atoms with Gasteiger partial charge in [0.25, 0.3) is 0 Å². The first kappa shape index (κ1) is 17.6. The summed E-state index contributed by atoms with van der Waals surface area (Å²) in [4.78, 5) is 0. The minimum atomic E-state index is -0.144. The van der Waals surface area contributed by atoms with E-state index in [1.54, 1.807) is 6.07 Å². The second-order valence-corrected chi connectivity index (χ2v) is 6.43. The highest BCUT2D eigenvalue weighted by Gasteiger charge is 2.06. The van der Waals surface area contributed by atoms with Crippen molar-refractivity contribution in [3.63, 3.8) is 0 Å². The second-order valence-electron chi connectivity index (χ2n) is 6.43. The third-order valence-electron chi connectivity index (χ3n) is 3.85. The molecule has 0 saturated carbocycles. The van der Waals surface area contributed by atoms with E-state index >= 15 is 0 Å². The Labute approximate surface area is 139 Å². The zero-order valence-electron chi connectivity index (χ0n) is 14.3. The predicted molar refractivity (Wildman–Crippen MR) is 94.8 cm³/mol. The summed E-state index contributed by atoms with van der Waals surface area (Å²) in [6.07, 6.45) is 0.934. The van der Waals surface area contributed by atoms with Crippen molar-refractivity contribution in [2.24, 2.45) is 0 Å². The van der Waals surface area contributed by atoms with Gasteiger partial charge in [0.1, 0.15) is 5.82 Å². The molecule has 0 amide bonds. The fraction of sp³-hybridized carbons (Fsp3) is 0.400. The Morgan fingerprint density at radius 2 is 1.61 bits per heavy atom. The lowest BCUT2D eigenvalue weighted by Crippen LogP contribution is -2.28. The molecule has 3 heteroatoms. The van der Waals surface area contributed by atoms with Crippen molar-refractivity contribution in [3.8, 4) is 0 Å². The van der Waals surface area contributed by atoms with E-state index in [1.807, 2.05) is 12.1 Å². The van der Waals surface area contributed by atoms with Gasteiger partial charge in [0.05, 0.1) is 0 Å². The number of halogens is 1. The Bertz CT molecular complexity index is 610. The van der Waals surface area contributed by atoms with Gasteiger partial charge in [0, 0.05) is 30.7 Å². The summed E-state index contributed by atoms with van der Waals surface area (Å²) < 4.78 is 13.6. The molecule has 0 spiro atoms. The average molecular weight is 314 g/mol. The van der Waals surface area contributed by atoms with E-state index in [1.165, 1.54) is 17.2 Å². The molecule has 2 N–H and O–H groups in total. The first-order chi connectivity index (χ1) is 11.0. The highest BCUT2D eigenvalue weighted by Crippen LogP contribution is 2.10. The second kappa shape index (κ2) is 8.80. The van der Waals surface area contributed by atoms with Gasteiger partial charge in [-0.05, 0) is 30.5 Å². The molecule has 2 nitrogen and oxygen atoms in total. The monoisotopic (exact) mass is 314 g/mol. The zero-order valence-corrected chi connectivity index (χ0v) is 14.3. The fourth-order valence-electron chi connectivity index (χ4n) is 2.54. The molecule has 0 radical (unpaired) electrons. The van der Waals surface area contributed by atoms with Crippen LogP contribution in [0.5, 0.6) is 0 Å². The minimum Gasteiger partial charge on any atom is -0.310 e. The van der Waals surface area contributed by atoms with Gasteiger partial charge in [-0.1, -0.05) is 56.3 Å². The van der Waals surface area contributed by atoms with E-state index in [4.69, 9.17) is 0 Å². The van der Waals surface area contributed by atoms with Crippen molar-refractivity contribution in [2.75, 3.05) is 0 Å². The number of rotatable bonds is 8. The molecule has 0 aromatic heterocycles. The van der Waals surface area contributed by atoms with Gasteiger partial charge in [-0.25, -0.2) is 4.39 Å². The van der Waals surface area contributed by atoms with E-state index in [9.17, 15) is 4.39 Å². The fourth-order valence-corrected chi connectivity index (χ4v) is 2.54. The normalized spacial score (nSPS) is 12.6. The third kappa shape index (κ3) is 6.12. The first-order valence-electron chi connectivity index (χ1n) is 8.32. The number of nitrogens with one attached hydrogen (secondary N) is 2. The quantitative estimate of drug-likeness (QED) is 0.768. The van der Waals surface area contributed by atoms with E-state index in [0.717, 1.165) is 13.0 Å². The van der Waals surface area contributed by atoms with Crippen LogP contribution >= 0.6 is 0 Å². The highest BCUT2D eigenvalue weighted by atomic mass is 19.1. The summed E-state index contributed by atoms with van der Waals surface area (Å²) in [5.41, 5.74) is 3.33. The molecule has 0 bridgehead atoms. The number of hydrogen-bond donors (Lipinski definition) is 2. The molecular formula is C20H27FN2. The molecule has 1 unspecified atom stereocenters. The molecule has 23 heavy (non-hydrogen) atoms. The minimum absolute atomic E-state index is 0.144. The third-order valence-corrected chi connectivity index (χ3v) is 3.85. The summed E-state index contributed by atoms with van der Waals surface area (Å²) in [5, 5.41) is 6.84. The Hall–Kier alpha value is -1.71. The van der Waals surface area contributed by atoms with Crippen LogP contribution in [0.3, 0.4) is 0 Å². The van der Waals surface area contributed by atoms with Crippen molar-refractivity contribution in [3.05, 3.63) is 71.0 Å². The molecule has 2 aromatic rings. The predicted octanol–water partition coefficient (Wildman–Crippen LogP) is 4.04. The smallest absolute Gasteiger partial charge is 0.127 e. The van der Waals surface area contributed by atoms with Crippen LogP contribution in [-0.4, -0.2) is 12.1 Å². The molecule has 0 aliphatic rings. The zero-order chi connectivity index (χ0) is 16.7. The van der Waals surface area contributed by atoms with Crippen molar-refractivity contribution in [1.29, 1.82) is 0 Å². The molecule has 0 fully saturated rings. The van der Waals surface area contributed by atoms with Crippen molar-refractivity contribution in [2.45, 2.75) is 52.4 Å². The van der Waals surface area contributed by atoms with Crippen molar-refractivity contribution < 1.29 is 4.39 Å². The Kier molecular flexibility index (Phi) is 6.75. The molecule has 0 aliphatic heterocycles. The highest BCUT2D eigenvalue weighted by molar-refractivity contribution is 5.24. The van der Waals surface area contributed by atoms with E-state index in [2.05, 4.69) is 55.7 Å². The topological polar surface area (TPSA) is 24.1 Å². The van der Waals surface area contributed by atoms with Crippen LogP contribution in [-0.2, 0) is 19.5 Å². The number of hydrogen-bond acceptors (Lipinski definition) is 2. The lowest BCUT2D eigenvalue weighted by molar-refractivity contribution is 0.525. The van der Waals surface area contributed by atoms with E-state index < -0.39 is 0 Å². The maximum Gasteiger partial charge on any atom is 0.127 e. The van der Waals surface area contributed by atoms with Gasteiger partial charge in [0.15, 0.2) is 0 Å². The van der Waals surface area contributed by atoms with Gasteiger partial charge in [-0.15, -0.1) is 0 Å². The van der Waals surface area contributed by atoms with Crippen LogP contribution in [0.1, 0.15) is 37.5 Å². The van der Waals surface area contributed by atoms with Crippen molar-refractivity contribution >= 4 is 0 Å². The molecule has 1 atom stereocenters. The van der Waals surface area contributed by atoms with E-state index in [-0.39, 0.29) is 5.82 Å².